The molecule has 2 heterocycles. The highest BCUT2D eigenvalue weighted by molar-refractivity contribution is 7.91. The van der Waals surface area contributed by atoms with Gasteiger partial charge in [0.25, 0.3) is 0 Å². The van der Waals surface area contributed by atoms with Gasteiger partial charge in [-0.05, 0) is 45.2 Å². The molecule has 0 aromatic carbocycles. The van der Waals surface area contributed by atoms with E-state index in [1.807, 2.05) is 19.9 Å². The first-order valence-electron chi connectivity index (χ1n) is 6.93. The van der Waals surface area contributed by atoms with Crippen LogP contribution >= 0.6 is 0 Å². The van der Waals surface area contributed by atoms with Gasteiger partial charge in [-0.3, -0.25) is 0 Å². The van der Waals surface area contributed by atoms with Gasteiger partial charge in [0.2, 0.25) is 0 Å². The van der Waals surface area contributed by atoms with Crippen LogP contribution in [0.1, 0.15) is 42.9 Å². The molecule has 1 N–H and O–H groups in total. The van der Waals surface area contributed by atoms with Crippen molar-refractivity contribution in [3.8, 4) is 0 Å². The molecule has 2 unspecified atom stereocenters. The molecule has 2 atom stereocenters. The maximum absolute atomic E-state index is 11.7. The number of hydrogen-bond donors (Lipinski definition) is 1. The first-order valence-corrected chi connectivity index (χ1v) is 8.76. The third-order valence-corrected chi connectivity index (χ3v) is 5.56. The maximum Gasteiger partial charge on any atom is 0.150 e. The molecule has 2 rings (SSSR count). The summed E-state index contributed by atoms with van der Waals surface area (Å²) in [5, 5.41) is 3.50. The van der Waals surface area contributed by atoms with Crippen molar-refractivity contribution < 1.29 is 12.8 Å². The van der Waals surface area contributed by atoms with Crippen LogP contribution in [0.2, 0.25) is 0 Å². The predicted octanol–water partition coefficient (Wildman–Crippen LogP) is 2.37. The van der Waals surface area contributed by atoms with Gasteiger partial charge in [-0.2, -0.15) is 0 Å². The lowest BCUT2D eigenvalue weighted by molar-refractivity contribution is 0.385. The molecule has 1 aromatic heterocycles. The summed E-state index contributed by atoms with van der Waals surface area (Å²) in [6.45, 7) is 6.89. The zero-order valence-corrected chi connectivity index (χ0v) is 12.7. The third-order valence-electron chi connectivity index (χ3n) is 3.77. The van der Waals surface area contributed by atoms with Gasteiger partial charge in [0.15, 0.2) is 9.84 Å². The van der Waals surface area contributed by atoms with Crippen LogP contribution in [-0.4, -0.2) is 26.5 Å². The molecule has 19 heavy (non-hydrogen) atoms. The molecule has 4 nitrogen and oxygen atoms in total. The van der Waals surface area contributed by atoms with Crippen molar-refractivity contribution in [2.24, 2.45) is 5.92 Å². The largest absolute Gasteiger partial charge is 0.466 e. The van der Waals surface area contributed by atoms with E-state index >= 15 is 0 Å². The normalized spacial score (nSPS) is 23.6. The summed E-state index contributed by atoms with van der Waals surface area (Å²) in [5.74, 6) is 2.55. The number of rotatable bonds is 5. The molecule has 1 saturated heterocycles. The van der Waals surface area contributed by atoms with Crippen LogP contribution in [0.3, 0.4) is 0 Å². The molecule has 1 fully saturated rings. The zero-order valence-electron chi connectivity index (χ0n) is 11.9. The minimum absolute atomic E-state index is 0.0923. The fraction of sp³-hybridized carbons (Fsp3) is 0.714. The first kappa shape index (κ1) is 14.6. The predicted molar refractivity (Wildman–Crippen MR) is 76.0 cm³/mol. The Morgan fingerprint density at radius 2 is 2.21 bits per heavy atom. The summed E-state index contributed by atoms with van der Waals surface area (Å²) in [4.78, 5) is 0. The highest BCUT2D eigenvalue weighted by atomic mass is 32.2. The molecule has 0 radical (unpaired) electrons. The SMILES string of the molecule is CCCNC(c1cc(C)oc1C)C1CCS(=O)(=O)C1. The number of furan rings is 1. The van der Waals surface area contributed by atoms with Gasteiger partial charge in [-0.15, -0.1) is 0 Å². The summed E-state index contributed by atoms with van der Waals surface area (Å²) < 4.78 is 29.0. The van der Waals surface area contributed by atoms with E-state index in [0.29, 0.717) is 5.75 Å². The van der Waals surface area contributed by atoms with E-state index in [1.54, 1.807) is 0 Å². The first-order chi connectivity index (χ1) is 8.93. The van der Waals surface area contributed by atoms with Crippen molar-refractivity contribution in [1.82, 2.24) is 5.32 Å². The van der Waals surface area contributed by atoms with E-state index in [-0.39, 0.29) is 17.7 Å². The van der Waals surface area contributed by atoms with E-state index in [1.165, 1.54) is 0 Å². The van der Waals surface area contributed by atoms with Crippen LogP contribution in [0.4, 0.5) is 0 Å². The Morgan fingerprint density at radius 1 is 1.47 bits per heavy atom. The van der Waals surface area contributed by atoms with Gasteiger partial charge >= 0.3 is 0 Å². The second kappa shape index (κ2) is 5.67. The molecule has 0 aliphatic carbocycles. The van der Waals surface area contributed by atoms with Crippen LogP contribution in [0.5, 0.6) is 0 Å². The van der Waals surface area contributed by atoms with E-state index < -0.39 is 9.84 Å². The third kappa shape index (κ3) is 3.39. The van der Waals surface area contributed by atoms with Crippen LogP contribution in [-0.2, 0) is 9.84 Å². The van der Waals surface area contributed by atoms with Gasteiger partial charge in [-0.25, -0.2) is 8.42 Å². The summed E-state index contributed by atoms with van der Waals surface area (Å²) in [7, 11) is -2.85. The fourth-order valence-electron chi connectivity index (χ4n) is 2.88. The molecular weight excluding hydrogens is 262 g/mol. The summed E-state index contributed by atoms with van der Waals surface area (Å²) in [6, 6.07) is 2.13. The minimum Gasteiger partial charge on any atom is -0.466 e. The Labute approximate surface area is 115 Å². The van der Waals surface area contributed by atoms with Gasteiger partial charge < -0.3 is 9.73 Å². The van der Waals surface area contributed by atoms with E-state index in [2.05, 4.69) is 12.2 Å². The minimum atomic E-state index is -2.85. The Balaban J connectivity index is 2.23. The van der Waals surface area contributed by atoms with E-state index in [0.717, 1.165) is 36.5 Å². The van der Waals surface area contributed by atoms with Crippen molar-refractivity contribution in [1.29, 1.82) is 0 Å². The standard InChI is InChI=1S/C14H23NO3S/c1-4-6-15-14(12-5-7-19(16,17)9-12)13-8-10(2)18-11(13)3/h8,12,14-15H,4-7,9H2,1-3H3. The quantitative estimate of drug-likeness (QED) is 0.902. The Hall–Kier alpha value is -0.810. The second-order valence-electron chi connectivity index (χ2n) is 5.46. The van der Waals surface area contributed by atoms with Gasteiger partial charge in [0.1, 0.15) is 11.5 Å². The number of hydrogen-bond acceptors (Lipinski definition) is 4. The Morgan fingerprint density at radius 3 is 2.68 bits per heavy atom. The lowest BCUT2D eigenvalue weighted by atomic mass is 9.92. The Bertz CT molecular complexity index is 533. The van der Waals surface area contributed by atoms with Crippen molar-refractivity contribution in [2.45, 2.75) is 39.7 Å². The summed E-state index contributed by atoms with van der Waals surface area (Å²) >= 11 is 0. The number of aryl methyl sites for hydroxylation is 2. The second-order valence-corrected chi connectivity index (χ2v) is 7.69. The van der Waals surface area contributed by atoms with Crippen molar-refractivity contribution in [3.05, 3.63) is 23.2 Å². The average Bonchev–Trinajstić information content (AvgIpc) is 2.83. The molecule has 0 amide bonds. The molecule has 5 heteroatoms. The smallest absolute Gasteiger partial charge is 0.150 e. The van der Waals surface area contributed by atoms with Crippen LogP contribution in [0, 0.1) is 19.8 Å². The van der Waals surface area contributed by atoms with Gasteiger partial charge in [0, 0.05) is 11.6 Å². The number of sulfone groups is 1. The average molecular weight is 285 g/mol. The molecule has 108 valence electrons. The lowest BCUT2D eigenvalue weighted by Gasteiger charge is -2.23. The van der Waals surface area contributed by atoms with Crippen LogP contribution in [0.25, 0.3) is 0 Å². The molecule has 1 aliphatic heterocycles. The molecule has 0 spiro atoms. The van der Waals surface area contributed by atoms with Crippen LogP contribution in [0.15, 0.2) is 10.5 Å². The molecule has 1 aromatic rings. The molecule has 0 saturated carbocycles. The zero-order chi connectivity index (χ0) is 14.0. The molecule has 1 aliphatic rings. The van der Waals surface area contributed by atoms with Crippen molar-refractivity contribution >= 4 is 9.84 Å². The van der Waals surface area contributed by atoms with Gasteiger partial charge in [0.05, 0.1) is 11.5 Å². The summed E-state index contributed by atoms with van der Waals surface area (Å²) in [5.41, 5.74) is 1.12. The molecular formula is C14H23NO3S. The highest BCUT2D eigenvalue weighted by Crippen LogP contribution is 2.34. The number of nitrogens with one attached hydrogen (secondary N) is 1. The summed E-state index contributed by atoms with van der Waals surface area (Å²) in [6.07, 6.45) is 1.78. The Kier molecular flexibility index (Phi) is 4.36. The van der Waals surface area contributed by atoms with Crippen molar-refractivity contribution in [2.75, 3.05) is 18.1 Å². The topological polar surface area (TPSA) is 59.3 Å². The highest BCUT2D eigenvalue weighted by Gasteiger charge is 2.35. The maximum atomic E-state index is 11.7. The van der Waals surface area contributed by atoms with Gasteiger partial charge in [-0.1, -0.05) is 6.92 Å². The lowest BCUT2D eigenvalue weighted by Crippen LogP contribution is -2.30. The monoisotopic (exact) mass is 285 g/mol. The molecule has 0 bridgehead atoms. The van der Waals surface area contributed by atoms with Crippen molar-refractivity contribution in [3.63, 3.8) is 0 Å². The fourth-order valence-corrected chi connectivity index (χ4v) is 4.72. The van der Waals surface area contributed by atoms with E-state index in [9.17, 15) is 8.42 Å². The van der Waals surface area contributed by atoms with E-state index in [4.69, 9.17) is 4.42 Å². The van der Waals surface area contributed by atoms with Crippen LogP contribution < -0.4 is 5.32 Å².